The summed E-state index contributed by atoms with van der Waals surface area (Å²) in [6, 6.07) is 11.1. The van der Waals surface area contributed by atoms with E-state index in [1.54, 1.807) is 43.3 Å². The Morgan fingerprint density at radius 2 is 1.65 bits per heavy atom. The highest BCUT2D eigenvalue weighted by molar-refractivity contribution is 5.92. The van der Waals surface area contributed by atoms with Crippen LogP contribution in [0.5, 0.6) is 11.5 Å². The lowest BCUT2D eigenvalue weighted by molar-refractivity contribution is -0.149. The third-order valence-electron chi connectivity index (χ3n) is 3.31. The molecule has 26 heavy (non-hydrogen) atoms. The molecule has 0 heterocycles. The number of anilines is 1. The van der Waals surface area contributed by atoms with Gasteiger partial charge in [0.25, 0.3) is 5.91 Å². The molecule has 0 aliphatic heterocycles. The molecule has 0 aliphatic carbocycles. The normalized spacial score (nSPS) is 10.1. The van der Waals surface area contributed by atoms with Crippen LogP contribution in [0.1, 0.15) is 12.5 Å². The third kappa shape index (κ3) is 6.08. The molecule has 0 atom stereocenters. The molecule has 0 saturated heterocycles. The molecule has 0 aromatic heterocycles. The SMILES string of the molecule is CCOc1ccc(OCC(=O)OCC(=O)Nc2ccc(C)c(F)c2)cc1. The van der Waals surface area contributed by atoms with E-state index in [9.17, 15) is 14.0 Å². The van der Waals surface area contributed by atoms with E-state index in [4.69, 9.17) is 14.2 Å². The highest BCUT2D eigenvalue weighted by atomic mass is 19.1. The van der Waals surface area contributed by atoms with Crippen LogP contribution in [-0.4, -0.2) is 31.7 Å². The van der Waals surface area contributed by atoms with Crippen LogP contribution in [0.15, 0.2) is 42.5 Å². The number of hydrogen-bond donors (Lipinski definition) is 1. The number of rotatable bonds is 8. The zero-order valence-electron chi connectivity index (χ0n) is 14.6. The molecule has 0 fully saturated rings. The number of halogens is 1. The first-order chi connectivity index (χ1) is 12.5. The van der Waals surface area contributed by atoms with Gasteiger partial charge in [0.1, 0.15) is 17.3 Å². The van der Waals surface area contributed by atoms with Crippen molar-refractivity contribution in [3.8, 4) is 11.5 Å². The lowest BCUT2D eigenvalue weighted by Gasteiger charge is -2.09. The Kier molecular flexibility index (Phi) is 6.96. The Morgan fingerprint density at radius 3 is 2.27 bits per heavy atom. The minimum Gasteiger partial charge on any atom is -0.494 e. The van der Waals surface area contributed by atoms with Crippen LogP contribution in [0, 0.1) is 12.7 Å². The van der Waals surface area contributed by atoms with Gasteiger partial charge in [-0.25, -0.2) is 9.18 Å². The van der Waals surface area contributed by atoms with Gasteiger partial charge in [-0.15, -0.1) is 0 Å². The second kappa shape index (κ2) is 9.41. The van der Waals surface area contributed by atoms with Crippen LogP contribution in [0.4, 0.5) is 10.1 Å². The third-order valence-corrected chi connectivity index (χ3v) is 3.31. The van der Waals surface area contributed by atoms with E-state index in [2.05, 4.69) is 5.32 Å². The number of ether oxygens (including phenoxy) is 3. The van der Waals surface area contributed by atoms with E-state index in [-0.39, 0.29) is 6.61 Å². The predicted molar refractivity (Wildman–Crippen MR) is 93.8 cm³/mol. The molecule has 2 aromatic carbocycles. The lowest BCUT2D eigenvalue weighted by atomic mass is 10.2. The summed E-state index contributed by atoms with van der Waals surface area (Å²) in [5.41, 5.74) is 0.764. The molecular formula is C19H20FNO5. The molecule has 0 spiro atoms. The van der Waals surface area contributed by atoms with E-state index in [1.807, 2.05) is 6.92 Å². The Labute approximate surface area is 150 Å². The molecule has 6 nitrogen and oxygen atoms in total. The Balaban J connectivity index is 1.72. The van der Waals surface area contributed by atoms with Gasteiger partial charge >= 0.3 is 5.97 Å². The smallest absolute Gasteiger partial charge is 0.344 e. The summed E-state index contributed by atoms with van der Waals surface area (Å²) >= 11 is 0. The quantitative estimate of drug-likeness (QED) is 0.732. The number of benzene rings is 2. The number of carbonyl (C=O) groups is 2. The van der Waals surface area contributed by atoms with Gasteiger partial charge in [-0.1, -0.05) is 6.07 Å². The molecule has 7 heteroatoms. The van der Waals surface area contributed by atoms with Crippen LogP contribution in [0.3, 0.4) is 0 Å². The number of hydrogen-bond acceptors (Lipinski definition) is 5. The first-order valence-electron chi connectivity index (χ1n) is 8.05. The average Bonchev–Trinajstić information content (AvgIpc) is 2.63. The van der Waals surface area contributed by atoms with Gasteiger partial charge in [-0.3, -0.25) is 4.79 Å². The fraction of sp³-hybridized carbons (Fsp3) is 0.263. The van der Waals surface area contributed by atoms with E-state index in [0.717, 1.165) is 0 Å². The van der Waals surface area contributed by atoms with Crippen molar-refractivity contribution in [2.75, 3.05) is 25.1 Å². The van der Waals surface area contributed by atoms with Gasteiger partial charge in [0.05, 0.1) is 6.61 Å². The standard InChI is InChI=1S/C19H20FNO5/c1-3-24-15-6-8-16(9-7-15)25-12-19(23)26-11-18(22)21-14-5-4-13(2)17(20)10-14/h4-10H,3,11-12H2,1-2H3,(H,21,22). The highest BCUT2D eigenvalue weighted by Crippen LogP contribution is 2.17. The molecule has 0 radical (unpaired) electrons. The molecule has 2 aromatic rings. The van der Waals surface area contributed by atoms with Gasteiger partial charge in [-0.05, 0) is 55.8 Å². The summed E-state index contributed by atoms with van der Waals surface area (Å²) in [6.45, 7) is 3.24. The Hall–Kier alpha value is -3.09. The number of nitrogens with one attached hydrogen (secondary N) is 1. The number of aryl methyl sites for hydroxylation is 1. The second-order valence-corrected chi connectivity index (χ2v) is 5.37. The van der Waals surface area contributed by atoms with Crippen LogP contribution < -0.4 is 14.8 Å². The van der Waals surface area contributed by atoms with Gasteiger partial charge in [-0.2, -0.15) is 0 Å². The Morgan fingerprint density at radius 1 is 1.00 bits per heavy atom. The van der Waals surface area contributed by atoms with Crippen molar-refractivity contribution in [3.63, 3.8) is 0 Å². The maximum Gasteiger partial charge on any atom is 0.344 e. The van der Waals surface area contributed by atoms with Crippen molar-refractivity contribution < 1.29 is 28.2 Å². The number of amides is 1. The van der Waals surface area contributed by atoms with Crippen LogP contribution in [-0.2, 0) is 14.3 Å². The largest absolute Gasteiger partial charge is 0.494 e. The van der Waals surface area contributed by atoms with Gasteiger partial charge in [0.15, 0.2) is 13.2 Å². The molecule has 0 aliphatic rings. The molecule has 2 rings (SSSR count). The number of esters is 1. The summed E-state index contributed by atoms with van der Waals surface area (Å²) in [5, 5.41) is 2.45. The molecule has 0 unspecified atom stereocenters. The predicted octanol–water partition coefficient (Wildman–Crippen LogP) is 3.09. The van der Waals surface area contributed by atoms with E-state index in [1.165, 1.54) is 6.07 Å². The summed E-state index contributed by atoms with van der Waals surface area (Å²) < 4.78 is 28.8. The van der Waals surface area contributed by atoms with Crippen molar-refractivity contribution in [1.82, 2.24) is 0 Å². The van der Waals surface area contributed by atoms with Crippen LogP contribution >= 0.6 is 0 Å². The van der Waals surface area contributed by atoms with Crippen molar-refractivity contribution >= 4 is 17.6 Å². The molecule has 1 N–H and O–H groups in total. The minimum absolute atomic E-state index is 0.291. The van der Waals surface area contributed by atoms with Gasteiger partial charge < -0.3 is 19.5 Å². The topological polar surface area (TPSA) is 73.9 Å². The molecular weight excluding hydrogens is 341 g/mol. The average molecular weight is 361 g/mol. The maximum absolute atomic E-state index is 13.4. The minimum atomic E-state index is -0.691. The van der Waals surface area contributed by atoms with E-state index >= 15 is 0 Å². The van der Waals surface area contributed by atoms with Crippen molar-refractivity contribution in [1.29, 1.82) is 0 Å². The summed E-state index contributed by atoms with van der Waals surface area (Å²) in [7, 11) is 0. The van der Waals surface area contributed by atoms with Crippen LogP contribution in [0.25, 0.3) is 0 Å². The summed E-state index contributed by atoms with van der Waals surface area (Å²) in [5.74, 6) is -0.507. The summed E-state index contributed by atoms with van der Waals surface area (Å²) in [6.07, 6.45) is 0. The molecule has 0 bridgehead atoms. The van der Waals surface area contributed by atoms with E-state index in [0.29, 0.717) is 29.4 Å². The molecule has 0 saturated carbocycles. The monoisotopic (exact) mass is 361 g/mol. The van der Waals surface area contributed by atoms with Crippen LogP contribution in [0.2, 0.25) is 0 Å². The lowest BCUT2D eigenvalue weighted by Crippen LogP contribution is -2.23. The van der Waals surface area contributed by atoms with Gasteiger partial charge in [0, 0.05) is 5.69 Å². The zero-order valence-corrected chi connectivity index (χ0v) is 14.6. The molecule has 1 amide bonds. The fourth-order valence-corrected chi connectivity index (χ4v) is 2.00. The first kappa shape index (κ1) is 19.2. The van der Waals surface area contributed by atoms with Crippen molar-refractivity contribution in [3.05, 3.63) is 53.8 Å². The Bertz CT molecular complexity index is 761. The highest BCUT2D eigenvalue weighted by Gasteiger charge is 2.10. The zero-order chi connectivity index (χ0) is 18.9. The van der Waals surface area contributed by atoms with Crippen molar-refractivity contribution in [2.24, 2.45) is 0 Å². The van der Waals surface area contributed by atoms with Gasteiger partial charge in [0.2, 0.25) is 0 Å². The maximum atomic E-state index is 13.4. The summed E-state index contributed by atoms with van der Waals surface area (Å²) in [4.78, 5) is 23.4. The first-order valence-corrected chi connectivity index (χ1v) is 8.05. The fourth-order valence-electron chi connectivity index (χ4n) is 2.00. The second-order valence-electron chi connectivity index (χ2n) is 5.37. The molecule has 138 valence electrons. The van der Waals surface area contributed by atoms with E-state index < -0.39 is 24.3 Å². The van der Waals surface area contributed by atoms with Crippen molar-refractivity contribution in [2.45, 2.75) is 13.8 Å². The number of carbonyl (C=O) groups excluding carboxylic acids is 2.